The summed E-state index contributed by atoms with van der Waals surface area (Å²) in [5, 5.41) is 9.09. The van der Waals surface area contributed by atoms with Gasteiger partial charge in [0.05, 0.1) is 13.2 Å². The second-order valence-corrected chi connectivity index (χ2v) is 5.12. The van der Waals surface area contributed by atoms with Gasteiger partial charge in [-0.25, -0.2) is 4.98 Å². The largest absolute Gasteiger partial charge is 0.395 e. The van der Waals surface area contributed by atoms with Crippen LogP contribution in [-0.2, 0) is 11.3 Å². The van der Waals surface area contributed by atoms with Gasteiger partial charge in [-0.1, -0.05) is 27.2 Å². The van der Waals surface area contributed by atoms with E-state index in [1.807, 2.05) is 13.8 Å². The lowest BCUT2D eigenvalue weighted by molar-refractivity contribution is -0.142. The maximum atomic E-state index is 12.4. The van der Waals surface area contributed by atoms with Crippen LogP contribution in [-0.4, -0.2) is 39.0 Å². The van der Waals surface area contributed by atoms with Crippen molar-refractivity contribution in [2.45, 2.75) is 40.2 Å². The van der Waals surface area contributed by atoms with E-state index in [0.717, 1.165) is 18.7 Å². The molecular weight excluding hydrogens is 230 g/mol. The molecule has 0 saturated carbocycles. The first-order valence-corrected chi connectivity index (χ1v) is 6.39. The first-order chi connectivity index (χ1) is 8.51. The zero-order valence-corrected chi connectivity index (χ0v) is 11.4. The van der Waals surface area contributed by atoms with Gasteiger partial charge in [0.1, 0.15) is 5.82 Å². The van der Waals surface area contributed by atoms with E-state index in [1.54, 1.807) is 17.3 Å². The molecule has 1 rings (SSSR count). The second-order valence-electron chi connectivity index (χ2n) is 5.12. The number of H-pyrrole nitrogens is 1. The van der Waals surface area contributed by atoms with Crippen LogP contribution in [0.3, 0.4) is 0 Å². The molecule has 0 radical (unpaired) electrons. The second kappa shape index (κ2) is 6.54. The molecule has 1 heterocycles. The van der Waals surface area contributed by atoms with E-state index in [-0.39, 0.29) is 12.5 Å². The average Bonchev–Trinajstić information content (AvgIpc) is 2.80. The topological polar surface area (TPSA) is 69.2 Å². The van der Waals surface area contributed by atoms with Crippen LogP contribution in [0.5, 0.6) is 0 Å². The van der Waals surface area contributed by atoms with Crippen molar-refractivity contribution >= 4 is 5.91 Å². The van der Waals surface area contributed by atoms with E-state index in [2.05, 4.69) is 16.9 Å². The normalized spacial score (nSPS) is 11.6. The van der Waals surface area contributed by atoms with Gasteiger partial charge in [-0.15, -0.1) is 0 Å². The minimum Gasteiger partial charge on any atom is -0.395 e. The van der Waals surface area contributed by atoms with Gasteiger partial charge >= 0.3 is 0 Å². The Morgan fingerprint density at radius 1 is 1.56 bits per heavy atom. The van der Waals surface area contributed by atoms with Crippen LogP contribution in [0.15, 0.2) is 12.4 Å². The molecule has 0 bridgehead atoms. The quantitative estimate of drug-likeness (QED) is 0.774. The van der Waals surface area contributed by atoms with Crippen molar-refractivity contribution < 1.29 is 9.90 Å². The highest BCUT2D eigenvalue weighted by Crippen LogP contribution is 2.25. The summed E-state index contributed by atoms with van der Waals surface area (Å²) in [6.07, 6.45) is 5.20. The number of imidazole rings is 1. The number of aromatic nitrogens is 2. The fourth-order valence-corrected chi connectivity index (χ4v) is 2.10. The van der Waals surface area contributed by atoms with Crippen LogP contribution < -0.4 is 0 Å². The lowest BCUT2D eigenvalue weighted by Crippen LogP contribution is -2.42. The Labute approximate surface area is 108 Å². The number of hydrogen-bond donors (Lipinski definition) is 2. The fraction of sp³-hybridized carbons (Fsp3) is 0.692. The Kier molecular flexibility index (Phi) is 5.34. The molecule has 0 fully saturated rings. The summed E-state index contributed by atoms with van der Waals surface area (Å²) in [5.41, 5.74) is -0.392. The van der Waals surface area contributed by atoms with E-state index < -0.39 is 5.41 Å². The number of aliphatic hydroxyl groups excluding tert-OH is 1. The standard InChI is InChI=1S/C13H23N3O2/c1-4-5-13(2,3)12(18)16(8-9-17)10-11-14-6-7-15-11/h6-7,17H,4-5,8-10H2,1-3H3,(H,14,15). The molecule has 0 unspecified atom stereocenters. The SMILES string of the molecule is CCCC(C)(C)C(=O)N(CCO)Cc1ncc[nH]1. The molecule has 0 atom stereocenters. The molecule has 102 valence electrons. The molecule has 0 aliphatic heterocycles. The Balaban J connectivity index is 2.74. The molecular formula is C13H23N3O2. The van der Waals surface area contributed by atoms with Gasteiger partial charge < -0.3 is 15.0 Å². The highest BCUT2D eigenvalue weighted by molar-refractivity contribution is 5.81. The van der Waals surface area contributed by atoms with Crippen LogP contribution in [0.4, 0.5) is 0 Å². The first kappa shape index (κ1) is 14.7. The molecule has 5 heteroatoms. The van der Waals surface area contributed by atoms with Crippen molar-refractivity contribution in [2.24, 2.45) is 5.41 Å². The highest BCUT2D eigenvalue weighted by atomic mass is 16.3. The minimum atomic E-state index is -0.392. The first-order valence-electron chi connectivity index (χ1n) is 6.39. The van der Waals surface area contributed by atoms with Crippen LogP contribution in [0, 0.1) is 5.41 Å². The smallest absolute Gasteiger partial charge is 0.228 e. The summed E-state index contributed by atoms with van der Waals surface area (Å²) in [5.74, 6) is 0.805. The lowest BCUT2D eigenvalue weighted by Gasteiger charge is -2.31. The van der Waals surface area contributed by atoms with Crippen molar-refractivity contribution in [1.29, 1.82) is 0 Å². The van der Waals surface area contributed by atoms with Crippen molar-refractivity contribution in [3.05, 3.63) is 18.2 Å². The molecule has 0 aliphatic carbocycles. The number of carbonyl (C=O) groups excluding carboxylic acids is 1. The minimum absolute atomic E-state index is 0.0331. The number of rotatable bonds is 7. The summed E-state index contributed by atoms with van der Waals surface area (Å²) in [7, 11) is 0. The van der Waals surface area contributed by atoms with Gasteiger partial charge in [0.2, 0.25) is 5.91 Å². The number of hydrogen-bond acceptors (Lipinski definition) is 3. The Bertz CT molecular complexity index is 360. The fourth-order valence-electron chi connectivity index (χ4n) is 2.10. The third-order valence-corrected chi connectivity index (χ3v) is 3.01. The van der Waals surface area contributed by atoms with E-state index in [4.69, 9.17) is 5.11 Å². The lowest BCUT2D eigenvalue weighted by atomic mass is 9.86. The molecule has 2 N–H and O–H groups in total. The molecule has 5 nitrogen and oxygen atoms in total. The summed E-state index contributed by atoms with van der Waals surface area (Å²) < 4.78 is 0. The van der Waals surface area contributed by atoms with Crippen LogP contribution in [0.25, 0.3) is 0 Å². The molecule has 0 aromatic carbocycles. The third-order valence-electron chi connectivity index (χ3n) is 3.01. The molecule has 0 aliphatic rings. The predicted octanol–water partition coefficient (Wildman–Crippen LogP) is 1.56. The van der Waals surface area contributed by atoms with Gasteiger partial charge in [-0.2, -0.15) is 0 Å². The molecule has 1 amide bonds. The molecule has 1 aromatic rings. The van der Waals surface area contributed by atoms with E-state index in [1.165, 1.54) is 0 Å². The Morgan fingerprint density at radius 2 is 2.28 bits per heavy atom. The van der Waals surface area contributed by atoms with E-state index >= 15 is 0 Å². The summed E-state index contributed by atoms with van der Waals surface area (Å²) in [4.78, 5) is 21.2. The van der Waals surface area contributed by atoms with Crippen molar-refractivity contribution in [2.75, 3.05) is 13.2 Å². The maximum Gasteiger partial charge on any atom is 0.228 e. The van der Waals surface area contributed by atoms with Gasteiger partial charge in [0, 0.05) is 24.4 Å². The monoisotopic (exact) mass is 253 g/mol. The number of aliphatic hydroxyl groups is 1. The van der Waals surface area contributed by atoms with Gasteiger partial charge in [-0.3, -0.25) is 4.79 Å². The average molecular weight is 253 g/mol. The number of aromatic amines is 1. The van der Waals surface area contributed by atoms with Gasteiger partial charge in [-0.05, 0) is 6.42 Å². The van der Waals surface area contributed by atoms with Crippen molar-refractivity contribution in [3.8, 4) is 0 Å². The van der Waals surface area contributed by atoms with Crippen molar-refractivity contribution in [3.63, 3.8) is 0 Å². The number of carbonyl (C=O) groups is 1. The number of nitrogens with zero attached hydrogens (tertiary/aromatic N) is 2. The third kappa shape index (κ3) is 3.84. The zero-order chi connectivity index (χ0) is 13.6. The summed E-state index contributed by atoms with van der Waals surface area (Å²) >= 11 is 0. The number of amides is 1. The predicted molar refractivity (Wildman–Crippen MR) is 69.8 cm³/mol. The molecule has 18 heavy (non-hydrogen) atoms. The molecule has 0 spiro atoms. The van der Waals surface area contributed by atoms with Crippen LogP contribution in [0.1, 0.15) is 39.4 Å². The van der Waals surface area contributed by atoms with Crippen LogP contribution >= 0.6 is 0 Å². The van der Waals surface area contributed by atoms with E-state index in [9.17, 15) is 4.79 Å². The highest BCUT2D eigenvalue weighted by Gasteiger charge is 2.31. The zero-order valence-electron chi connectivity index (χ0n) is 11.4. The Hall–Kier alpha value is -1.36. The van der Waals surface area contributed by atoms with E-state index in [0.29, 0.717) is 13.1 Å². The van der Waals surface area contributed by atoms with Gasteiger partial charge in [0.15, 0.2) is 0 Å². The maximum absolute atomic E-state index is 12.4. The summed E-state index contributed by atoms with van der Waals surface area (Å²) in [6.45, 7) is 6.69. The summed E-state index contributed by atoms with van der Waals surface area (Å²) in [6, 6.07) is 0. The molecule has 1 aromatic heterocycles. The van der Waals surface area contributed by atoms with Gasteiger partial charge in [0.25, 0.3) is 0 Å². The van der Waals surface area contributed by atoms with Crippen LogP contribution in [0.2, 0.25) is 0 Å². The Morgan fingerprint density at radius 3 is 2.78 bits per heavy atom. The van der Waals surface area contributed by atoms with Crippen molar-refractivity contribution in [1.82, 2.24) is 14.9 Å². The molecule has 0 saturated heterocycles. The number of nitrogens with one attached hydrogen (secondary N) is 1.